The van der Waals surface area contributed by atoms with E-state index in [9.17, 15) is 0 Å². The molecule has 0 aromatic heterocycles. The molecular formula is C13H28N2. The van der Waals surface area contributed by atoms with Crippen molar-refractivity contribution in [2.75, 3.05) is 0 Å². The molecule has 1 unspecified atom stereocenters. The van der Waals surface area contributed by atoms with Gasteiger partial charge in [0.2, 0.25) is 0 Å². The summed E-state index contributed by atoms with van der Waals surface area (Å²) >= 11 is 0. The van der Waals surface area contributed by atoms with Crippen LogP contribution in [0.25, 0.3) is 0 Å². The van der Waals surface area contributed by atoms with Crippen LogP contribution >= 0.6 is 0 Å². The van der Waals surface area contributed by atoms with Crippen molar-refractivity contribution in [3.8, 4) is 0 Å². The standard InChI is InChI=1S/C13H28N2/c1-3-5-6-13(15-14)12-9-7-11(4-2)8-10-12/h11-13,15H,3-10,14H2,1-2H3. The first-order valence-electron chi connectivity index (χ1n) is 6.77. The van der Waals surface area contributed by atoms with Gasteiger partial charge in [0.05, 0.1) is 0 Å². The van der Waals surface area contributed by atoms with E-state index in [0.717, 1.165) is 11.8 Å². The molecule has 0 heterocycles. The topological polar surface area (TPSA) is 38.0 Å². The van der Waals surface area contributed by atoms with Crippen LogP contribution in [0.4, 0.5) is 0 Å². The van der Waals surface area contributed by atoms with Gasteiger partial charge in [-0.3, -0.25) is 11.3 Å². The van der Waals surface area contributed by atoms with Crippen molar-refractivity contribution in [1.29, 1.82) is 0 Å². The lowest BCUT2D eigenvalue weighted by atomic mass is 9.77. The van der Waals surface area contributed by atoms with Gasteiger partial charge in [-0.1, -0.05) is 46.0 Å². The number of hydrogen-bond acceptors (Lipinski definition) is 2. The Bertz CT molecular complexity index is 151. The van der Waals surface area contributed by atoms with E-state index in [4.69, 9.17) is 5.84 Å². The maximum atomic E-state index is 5.66. The zero-order chi connectivity index (χ0) is 11.1. The van der Waals surface area contributed by atoms with Gasteiger partial charge in [-0.2, -0.15) is 0 Å². The Morgan fingerprint density at radius 3 is 2.33 bits per heavy atom. The molecule has 2 nitrogen and oxygen atoms in total. The fraction of sp³-hybridized carbons (Fsp3) is 1.00. The van der Waals surface area contributed by atoms with Gasteiger partial charge in [-0.05, 0) is 31.1 Å². The third kappa shape index (κ3) is 4.12. The quantitative estimate of drug-likeness (QED) is 0.524. The minimum absolute atomic E-state index is 0.572. The number of nitrogens with two attached hydrogens (primary N) is 1. The van der Waals surface area contributed by atoms with Crippen LogP contribution in [-0.2, 0) is 0 Å². The second kappa shape index (κ2) is 7.24. The van der Waals surface area contributed by atoms with Crippen LogP contribution in [0.2, 0.25) is 0 Å². The highest BCUT2D eigenvalue weighted by atomic mass is 15.2. The van der Waals surface area contributed by atoms with Crippen LogP contribution in [0.15, 0.2) is 0 Å². The van der Waals surface area contributed by atoms with Crippen molar-refractivity contribution in [3.63, 3.8) is 0 Å². The van der Waals surface area contributed by atoms with E-state index in [1.165, 1.54) is 51.4 Å². The van der Waals surface area contributed by atoms with E-state index in [0.29, 0.717) is 6.04 Å². The predicted octanol–water partition coefficient (Wildman–Crippen LogP) is 3.22. The predicted molar refractivity (Wildman–Crippen MR) is 66.4 cm³/mol. The van der Waals surface area contributed by atoms with Gasteiger partial charge in [-0.15, -0.1) is 0 Å². The molecule has 0 spiro atoms. The van der Waals surface area contributed by atoms with Crippen LogP contribution in [-0.4, -0.2) is 6.04 Å². The van der Waals surface area contributed by atoms with Crippen molar-refractivity contribution < 1.29 is 0 Å². The summed E-state index contributed by atoms with van der Waals surface area (Å²) in [4.78, 5) is 0. The molecule has 2 heteroatoms. The Balaban J connectivity index is 2.29. The first-order valence-corrected chi connectivity index (χ1v) is 6.77. The molecule has 1 saturated carbocycles. The molecule has 1 atom stereocenters. The summed E-state index contributed by atoms with van der Waals surface area (Å²) < 4.78 is 0. The molecule has 0 saturated heterocycles. The summed E-state index contributed by atoms with van der Waals surface area (Å²) in [6.45, 7) is 4.57. The van der Waals surface area contributed by atoms with E-state index < -0.39 is 0 Å². The normalized spacial score (nSPS) is 29.0. The molecule has 0 aliphatic heterocycles. The molecule has 1 fully saturated rings. The SMILES string of the molecule is CCCCC(NN)C1CCC(CC)CC1. The van der Waals surface area contributed by atoms with Gasteiger partial charge >= 0.3 is 0 Å². The second-order valence-corrected chi connectivity index (χ2v) is 5.10. The first-order chi connectivity index (χ1) is 7.31. The minimum atomic E-state index is 0.572. The monoisotopic (exact) mass is 212 g/mol. The van der Waals surface area contributed by atoms with Crippen LogP contribution in [0.1, 0.15) is 65.2 Å². The van der Waals surface area contributed by atoms with E-state index in [1.807, 2.05) is 0 Å². The average molecular weight is 212 g/mol. The maximum Gasteiger partial charge on any atom is 0.0238 e. The lowest BCUT2D eigenvalue weighted by Gasteiger charge is -2.33. The summed E-state index contributed by atoms with van der Waals surface area (Å²) in [6.07, 6.45) is 10.8. The van der Waals surface area contributed by atoms with Gasteiger partial charge in [0.15, 0.2) is 0 Å². The largest absolute Gasteiger partial charge is 0.271 e. The molecule has 0 aromatic carbocycles. The van der Waals surface area contributed by atoms with Crippen molar-refractivity contribution in [3.05, 3.63) is 0 Å². The molecule has 0 aromatic rings. The lowest BCUT2D eigenvalue weighted by molar-refractivity contribution is 0.209. The summed E-state index contributed by atoms with van der Waals surface area (Å²) in [5.74, 6) is 7.49. The number of rotatable bonds is 6. The smallest absolute Gasteiger partial charge is 0.0238 e. The number of nitrogens with one attached hydrogen (secondary N) is 1. The van der Waals surface area contributed by atoms with E-state index in [1.54, 1.807) is 0 Å². The highest BCUT2D eigenvalue weighted by Gasteiger charge is 2.25. The Morgan fingerprint density at radius 1 is 1.20 bits per heavy atom. The number of unbranched alkanes of at least 4 members (excludes halogenated alkanes) is 1. The van der Waals surface area contributed by atoms with E-state index in [2.05, 4.69) is 19.3 Å². The Morgan fingerprint density at radius 2 is 1.87 bits per heavy atom. The molecule has 0 amide bonds. The Hall–Kier alpha value is -0.0800. The van der Waals surface area contributed by atoms with Crippen molar-refractivity contribution in [2.45, 2.75) is 71.3 Å². The van der Waals surface area contributed by atoms with Crippen molar-refractivity contribution in [2.24, 2.45) is 17.7 Å². The molecule has 1 aliphatic rings. The van der Waals surface area contributed by atoms with Crippen LogP contribution in [0.5, 0.6) is 0 Å². The van der Waals surface area contributed by atoms with E-state index in [-0.39, 0.29) is 0 Å². The molecule has 1 aliphatic carbocycles. The molecular weight excluding hydrogens is 184 g/mol. The highest BCUT2D eigenvalue weighted by molar-refractivity contribution is 4.80. The minimum Gasteiger partial charge on any atom is -0.271 e. The maximum absolute atomic E-state index is 5.66. The van der Waals surface area contributed by atoms with Gasteiger partial charge in [0.25, 0.3) is 0 Å². The fourth-order valence-corrected chi connectivity index (χ4v) is 2.88. The molecule has 3 N–H and O–H groups in total. The summed E-state index contributed by atoms with van der Waals surface area (Å²) in [5, 5.41) is 0. The summed E-state index contributed by atoms with van der Waals surface area (Å²) in [6, 6.07) is 0.572. The third-order valence-electron chi connectivity index (χ3n) is 4.12. The molecule has 90 valence electrons. The average Bonchev–Trinajstić information content (AvgIpc) is 2.31. The zero-order valence-electron chi connectivity index (χ0n) is 10.5. The van der Waals surface area contributed by atoms with Gasteiger partial charge in [0, 0.05) is 6.04 Å². The van der Waals surface area contributed by atoms with Crippen LogP contribution in [0, 0.1) is 11.8 Å². The number of hydrogen-bond donors (Lipinski definition) is 2. The van der Waals surface area contributed by atoms with Crippen molar-refractivity contribution in [1.82, 2.24) is 5.43 Å². The first kappa shape index (κ1) is 13.0. The van der Waals surface area contributed by atoms with Gasteiger partial charge in [-0.25, -0.2) is 0 Å². The van der Waals surface area contributed by atoms with Gasteiger partial charge < -0.3 is 0 Å². The fourth-order valence-electron chi connectivity index (χ4n) is 2.88. The molecule has 0 radical (unpaired) electrons. The second-order valence-electron chi connectivity index (χ2n) is 5.10. The molecule has 1 rings (SSSR count). The number of hydrazine groups is 1. The Labute approximate surface area is 95.0 Å². The molecule has 0 bridgehead atoms. The molecule has 15 heavy (non-hydrogen) atoms. The summed E-state index contributed by atoms with van der Waals surface area (Å²) in [7, 11) is 0. The van der Waals surface area contributed by atoms with Crippen LogP contribution in [0.3, 0.4) is 0 Å². The third-order valence-corrected chi connectivity index (χ3v) is 4.12. The Kier molecular flexibility index (Phi) is 6.26. The summed E-state index contributed by atoms with van der Waals surface area (Å²) in [5.41, 5.74) is 3.04. The van der Waals surface area contributed by atoms with Crippen molar-refractivity contribution >= 4 is 0 Å². The zero-order valence-corrected chi connectivity index (χ0v) is 10.5. The van der Waals surface area contributed by atoms with Crippen LogP contribution < -0.4 is 11.3 Å². The highest BCUT2D eigenvalue weighted by Crippen LogP contribution is 2.33. The lowest BCUT2D eigenvalue weighted by Crippen LogP contribution is -2.42. The van der Waals surface area contributed by atoms with Gasteiger partial charge in [0.1, 0.15) is 0 Å². The van der Waals surface area contributed by atoms with E-state index >= 15 is 0 Å².